The second-order valence-corrected chi connectivity index (χ2v) is 9.48. The maximum Gasteiger partial charge on any atom is 0.264 e. The molecular formula is C26H25N5O2S. The molecule has 172 valence electrons. The third-order valence-electron chi connectivity index (χ3n) is 6.04. The van der Waals surface area contributed by atoms with Gasteiger partial charge in [-0.05, 0) is 42.8 Å². The van der Waals surface area contributed by atoms with Gasteiger partial charge in [-0.1, -0.05) is 41.6 Å². The zero-order chi connectivity index (χ0) is 23.7. The molecule has 0 radical (unpaired) electrons. The molecule has 0 aliphatic carbocycles. The van der Waals surface area contributed by atoms with Gasteiger partial charge in [0.1, 0.15) is 0 Å². The quantitative estimate of drug-likeness (QED) is 0.541. The number of nitrogens with zero attached hydrogens (tertiary/aromatic N) is 5. The molecule has 0 N–H and O–H groups in total. The molecule has 0 saturated carbocycles. The summed E-state index contributed by atoms with van der Waals surface area (Å²) in [6, 6.07) is 15.5. The third-order valence-corrected chi connectivity index (χ3v) is 7.12. The highest BCUT2D eigenvalue weighted by atomic mass is 32.2. The monoisotopic (exact) mass is 471 g/mol. The van der Waals surface area contributed by atoms with Crippen LogP contribution < -0.4 is 9.80 Å². The molecule has 5 rings (SSSR count). The van der Waals surface area contributed by atoms with Gasteiger partial charge in [0.15, 0.2) is 0 Å². The van der Waals surface area contributed by atoms with Gasteiger partial charge >= 0.3 is 0 Å². The molecule has 1 saturated heterocycles. The number of aryl methyl sites for hydroxylation is 1. The second-order valence-electron chi connectivity index (χ2n) is 8.40. The Bertz CT molecular complexity index is 1270. The Morgan fingerprint density at radius 3 is 2.50 bits per heavy atom. The van der Waals surface area contributed by atoms with Gasteiger partial charge in [0, 0.05) is 56.1 Å². The number of likely N-dealkylation sites (N-methyl/N-ethyl adjacent to an activating group) is 1. The lowest BCUT2D eigenvalue weighted by Crippen LogP contribution is -2.49. The van der Waals surface area contributed by atoms with Crippen molar-refractivity contribution in [3.05, 3.63) is 82.5 Å². The Morgan fingerprint density at radius 1 is 1.00 bits per heavy atom. The summed E-state index contributed by atoms with van der Waals surface area (Å²) in [5.74, 6) is 0.596. The first-order valence-electron chi connectivity index (χ1n) is 11.2. The molecule has 3 aromatic rings. The fourth-order valence-corrected chi connectivity index (χ4v) is 5.28. The first kappa shape index (κ1) is 22.2. The molecule has 2 aromatic carbocycles. The number of piperazine rings is 1. The number of anilines is 2. The fraction of sp³-hybridized carbons (Fsp3) is 0.231. The van der Waals surface area contributed by atoms with Crippen molar-refractivity contribution in [1.82, 2.24) is 14.9 Å². The number of rotatable bonds is 3. The van der Waals surface area contributed by atoms with Crippen molar-refractivity contribution < 1.29 is 9.59 Å². The summed E-state index contributed by atoms with van der Waals surface area (Å²) >= 11 is 1.45. The Kier molecular flexibility index (Phi) is 6.06. The normalized spacial score (nSPS) is 17.2. The van der Waals surface area contributed by atoms with Crippen LogP contribution in [0.5, 0.6) is 0 Å². The molecule has 2 aliphatic heterocycles. The van der Waals surface area contributed by atoms with E-state index in [1.807, 2.05) is 54.3 Å². The van der Waals surface area contributed by atoms with Crippen LogP contribution in [-0.4, -0.2) is 59.9 Å². The highest BCUT2D eigenvalue weighted by Crippen LogP contribution is 2.42. The lowest BCUT2D eigenvalue weighted by Gasteiger charge is -2.35. The molecule has 3 heterocycles. The number of benzene rings is 2. The van der Waals surface area contributed by atoms with E-state index in [-0.39, 0.29) is 11.8 Å². The van der Waals surface area contributed by atoms with Crippen molar-refractivity contribution in [3.63, 3.8) is 0 Å². The predicted octanol–water partition coefficient (Wildman–Crippen LogP) is 3.86. The molecule has 0 spiro atoms. The van der Waals surface area contributed by atoms with Crippen LogP contribution in [0.15, 0.2) is 70.7 Å². The SMILES string of the molecule is Cc1cccc(C=C2Sc3ccc(C(=O)N4CCN(c5ncccn5)CC4)cc3N(C)C2=O)c1. The summed E-state index contributed by atoms with van der Waals surface area (Å²) in [4.78, 5) is 42.1. The largest absolute Gasteiger partial charge is 0.337 e. The molecule has 8 heteroatoms. The number of carbonyl (C=O) groups excluding carboxylic acids is 2. The molecule has 7 nitrogen and oxygen atoms in total. The van der Waals surface area contributed by atoms with Crippen LogP contribution in [0.25, 0.3) is 6.08 Å². The Labute approximate surface area is 203 Å². The summed E-state index contributed by atoms with van der Waals surface area (Å²) in [5, 5.41) is 0. The highest BCUT2D eigenvalue weighted by Gasteiger charge is 2.29. The fourth-order valence-electron chi connectivity index (χ4n) is 4.18. The first-order valence-corrected chi connectivity index (χ1v) is 12.0. The smallest absolute Gasteiger partial charge is 0.264 e. The van der Waals surface area contributed by atoms with E-state index < -0.39 is 0 Å². The second kappa shape index (κ2) is 9.30. The Balaban J connectivity index is 1.32. The van der Waals surface area contributed by atoms with Gasteiger partial charge in [0.2, 0.25) is 5.95 Å². The van der Waals surface area contributed by atoms with Gasteiger partial charge in [-0.2, -0.15) is 0 Å². The number of amides is 2. The van der Waals surface area contributed by atoms with Crippen molar-refractivity contribution in [3.8, 4) is 0 Å². The molecule has 2 aliphatic rings. The Hall–Kier alpha value is -3.65. The number of thioether (sulfide) groups is 1. The standard InChI is InChI=1S/C26H25N5O2S/c1-18-5-3-6-19(15-18)16-23-25(33)29(2)21-17-20(7-8-22(21)34-23)24(32)30-11-13-31(14-12-30)26-27-9-4-10-28-26/h3-10,15-17H,11-14H2,1-2H3. The van der Waals surface area contributed by atoms with Crippen LogP contribution in [0.4, 0.5) is 11.6 Å². The van der Waals surface area contributed by atoms with Crippen molar-refractivity contribution in [2.75, 3.05) is 43.0 Å². The first-order chi connectivity index (χ1) is 16.5. The lowest BCUT2D eigenvalue weighted by atomic mass is 10.1. The van der Waals surface area contributed by atoms with E-state index in [2.05, 4.69) is 20.9 Å². The van der Waals surface area contributed by atoms with Crippen LogP contribution in [0.2, 0.25) is 0 Å². The maximum absolute atomic E-state index is 13.2. The van der Waals surface area contributed by atoms with Crippen molar-refractivity contribution in [2.24, 2.45) is 0 Å². The molecule has 2 amide bonds. The highest BCUT2D eigenvalue weighted by molar-refractivity contribution is 8.04. The van der Waals surface area contributed by atoms with Crippen LogP contribution >= 0.6 is 11.8 Å². The molecule has 34 heavy (non-hydrogen) atoms. The number of aromatic nitrogens is 2. The average molecular weight is 472 g/mol. The zero-order valence-electron chi connectivity index (χ0n) is 19.1. The van der Waals surface area contributed by atoms with Gasteiger partial charge in [0.05, 0.1) is 10.6 Å². The summed E-state index contributed by atoms with van der Waals surface area (Å²) in [6.07, 6.45) is 5.38. The topological polar surface area (TPSA) is 69.6 Å². The maximum atomic E-state index is 13.2. The summed E-state index contributed by atoms with van der Waals surface area (Å²) in [5.41, 5.74) is 3.50. The average Bonchev–Trinajstić information content (AvgIpc) is 2.87. The van der Waals surface area contributed by atoms with E-state index in [0.717, 1.165) is 21.7 Å². The van der Waals surface area contributed by atoms with Gasteiger partial charge in [-0.25, -0.2) is 9.97 Å². The predicted molar refractivity (Wildman–Crippen MR) is 135 cm³/mol. The van der Waals surface area contributed by atoms with E-state index in [0.29, 0.717) is 42.6 Å². The van der Waals surface area contributed by atoms with Gasteiger partial charge < -0.3 is 14.7 Å². The van der Waals surface area contributed by atoms with E-state index in [9.17, 15) is 9.59 Å². The van der Waals surface area contributed by atoms with Gasteiger partial charge in [0.25, 0.3) is 11.8 Å². The Morgan fingerprint density at radius 2 is 1.76 bits per heavy atom. The van der Waals surface area contributed by atoms with Crippen molar-refractivity contribution >= 4 is 41.3 Å². The van der Waals surface area contributed by atoms with Crippen molar-refractivity contribution in [2.45, 2.75) is 11.8 Å². The molecule has 1 fully saturated rings. The third kappa shape index (κ3) is 4.41. The molecule has 0 unspecified atom stereocenters. The van der Waals surface area contributed by atoms with E-state index in [4.69, 9.17) is 0 Å². The minimum absolute atomic E-state index is 0.0246. The van der Waals surface area contributed by atoms with Crippen molar-refractivity contribution in [1.29, 1.82) is 0 Å². The number of fused-ring (bicyclic) bond motifs is 1. The summed E-state index contributed by atoms with van der Waals surface area (Å²) < 4.78 is 0. The zero-order valence-corrected chi connectivity index (χ0v) is 20.0. The summed E-state index contributed by atoms with van der Waals surface area (Å²) in [7, 11) is 1.76. The van der Waals surface area contributed by atoms with E-state index in [1.54, 1.807) is 30.4 Å². The lowest BCUT2D eigenvalue weighted by molar-refractivity contribution is -0.114. The van der Waals surface area contributed by atoms with Gasteiger partial charge in [-0.15, -0.1) is 0 Å². The van der Waals surface area contributed by atoms with Crippen LogP contribution in [0.3, 0.4) is 0 Å². The number of hydrogen-bond acceptors (Lipinski definition) is 6. The van der Waals surface area contributed by atoms with Gasteiger partial charge in [-0.3, -0.25) is 9.59 Å². The van der Waals surface area contributed by atoms with E-state index >= 15 is 0 Å². The summed E-state index contributed by atoms with van der Waals surface area (Å²) in [6.45, 7) is 4.60. The number of hydrogen-bond donors (Lipinski definition) is 0. The molecule has 0 atom stereocenters. The van der Waals surface area contributed by atoms with E-state index in [1.165, 1.54) is 11.8 Å². The minimum Gasteiger partial charge on any atom is -0.337 e. The minimum atomic E-state index is -0.0694. The molecular weight excluding hydrogens is 446 g/mol. The molecule has 1 aromatic heterocycles. The van der Waals surface area contributed by atoms with Crippen LogP contribution in [0.1, 0.15) is 21.5 Å². The number of carbonyl (C=O) groups is 2. The van der Waals surface area contributed by atoms with Crippen LogP contribution in [-0.2, 0) is 4.79 Å². The molecule has 0 bridgehead atoms. The van der Waals surface area contributed by atoms with Crippen LogP contribution in [0, 0.1) is 6.92 Å².